The highest BCUT2D eigenvalue weighted by Gasteiger charge is 2.59. The summed E-state index contributed by atoms with van der Waals surface area (Å²) >= 11 is 0. The number of aliphatic hydroxyl groups is 12. The van der Waals surface area contributed by atoms with Crippen LogP contribution in [-0.2, 0) is 77.6 Å². The molecular formula is C32H53N3O32S2. The van der Waals surface area contributed by atoms with Crippen LogP contribution in [0.15, 0.2) is 0 Å². The fraction of sp³-hybridized carbons (Fsp3) is 0.906. The first-order valence-corrected chi connectivity index (χ1v) is 23.0. The van der Waals surface area contributed by atoms with Gasteiger partial charge in [0.1, 0.15) is 110 Å². The number of nitrogens with one attached hydrogen (secondary N) is 3. The van der Waals surface area contributed by atoms with Gasteiger partial charge in [-0.3, -0.25) is 13.9 Å². The lowest BCUT2D eigenvalue weighted by atomic mass is 9.94. The fourth-order valence-corrected chi connectivity index (χ4v) is 9.20. The van der Waals surface area contributed by atoms with E-state index < -0.39 is 212 Å². The van der Waals surface area contributed by atoms with Gasteiger partial charge in [0.05, 0.1) is 19.8 Å². The van der Waals surface area contributed by atoms with Crippen LogP contribution < -0.4 is 14.8 Å². The summed E-state index contributed by atoms with van der Waals surface area (Å²) in [6.45, 7) is -2.39. The van der Waals surface area contributed by atoms with Crippen molar-refractivity contribution in [3.8, 4) is 0 Å². The zero-order valence-electron chi connectivity index (χ0n) is 35.1. The molecule has 0 radical (unpaired) electrons. The molecule has 0 aromatic heterocycles. The molecule has 400 valence electrons. The van der Waals surface area contributed by atoms with Crippen LogP contribution in [-0.4, -0.2) is 288 Å². The maximum Gasteiger partial charge on any atom is 0.335 e. The minimum Gasteiger partial charge on any atom is -0.479 e. The Bertz CT molecular complexity index is 1990. The second-order valence-electron chi connectivity index (χ2n) is 16.0. The van der Waals surface area contributed by atoms with Crippen LogP contribution in [0.4, 0.5) is 0 Å². The fourth-order valence-electron chi connectivity index (χ4n) is 8.00. The summed E-state index contributed by atoms with van der Waals surface area (Å²) in [7, 11) is -10.7. The molecule has 5 fully saturated rings. The topological polar surface area (TPSA) is 562 Å². The first kappa shape index (κ1) is 57.2. The van der Waals surface area contributed by atoms with Crippen LogP contribution in [0.25, 0.3) is 0 Å². The molecule has 69 heavy (non-hydrogen) atoms. The van der Waals surface area contributed by atoms with Gasteiger partial charge in [0.25, 0.3) is 0 Å². The SMILES string of the molecule is CC(=O)N[C@H]1[C@@H](O[C@H]2[C@H](O)[C@@H](O)[C@H](O[C@H]3[C@H](O)[C@@H](NS(=O)(=O)O)[C@@H](O[C@H]4[C@H](O)[C@@H](O)[C@H](O[C@H]5[C@H](O)[C@@H](NS(=O)(=O)O)C(O)O[C@@H]5CO)O[C@H]4C(=O)O)O[C@@H]3CO)O[C@@H]2C(=O)O)O[C@H](CO)[C@@H](O)[C@@H]1O. The molecule has 25 atom stereocenters. The van der Waals surface area contributed by atoms with E-state index in [2.05, 4.69) is 5.32 Å². The zero-order chi connectivity index (χ0) is 51.8. The lowest BCUT2D eigenvalue weighted by Gasteiger charge is -2.49. The Balaban J connectivity index is 1.36. The molecule has 5 rings (SSSR count). The summed E-state index contributed by atoms with van der Waals surface area (Å²) in [6.07, 6.45) is -49.4. The van der Waals surface area contributed by atoms with Crippen molar-refractivity contribution in [3.05, 3.63) is 0 Å². The van der Waals surface area contributed by atoms with Crippen molar-refractivity contribution in [2.75, 3.05) is 19.8 Å². The third-order valence-electron chi connectivity index (χ3n) is 11.3. The highest BCUT2D eigenvalue weighted by molar-refractivity contribution is 7.84. The number of aliphatic hydroxyl groups excluding tert-OH is 12. The molecule has 5 aliphatic rings. The van der Waals surface area contributed by atoms with Gasteiger partial charge >= 0.3 is 32.5 Å². The van der Waals surface area contributed by atoms with Crippen molar-refractivity contribution in [1.82, 2.24) is 14.8 Å². The highest BCUT2D eigenvalue weighted by atomic mass is 32.2. The van der Waals surface area contributed by atoms with Crippen LogP contribution in [0.5, 0.6) is 0 Å². The van der Waals surface area contributed by atoms with Gasteiger partial charge in [0.2, 0.25) is 5.91 Å². The number of hydrogen-bond donors (Lipinski definition) is 19. The predicted molar refractivity (Wildman–Crippen MR) is 204 cm³/mol. The van der Waals surface area contributed by atoms with Gasteiger partial charge in [-0.25, -0.2) is 9.59 Å². The van der Waals surface area contributed by atoms with Gasteiger partial charge in [-0.15, -0.1) is 0 Å². The number of aliphatic carboxylic acids is 2. The molecule has 0 aliphatic carbocycles. The molecule has 35 nitrogen and oxygen atoms in total. The minimum absolute atomic E-state index is 0.833. The Morgan fingerprint density at radius 2 is 0.841 bits per heavy atom. The molecule has 1 amide bonds. The Morgan fingerprint density at radius 1 is 0.464 bits per heavy atom. The van der Waals surface area contributed by atoms with E-state index in [1.807, 2.05) is 0 Å². The number of rotatable bonds is 18. The average Bonchev–Trinajstić information content (AvgIpc) is 3.25. The normalized spacial score (nSPS) is 45.6. The maximum absolute atomic E-state index is 12.5. The van der Waals surface area contributed by atoms with E-state index in [1.165, 1.54) is 9.44 Å². The molecule has 19 N–H and O–H groups in total. The summed E-state index contributed by atoms with van der Waals surface area (Å²) in [5, 5.41) is 150. The second kappa shape index (κ2) is 23.0. The molecule has 0 aromatic carbocycles. The van der Waals surface area contributed by atoms with Crippen LogP contribution in [0, 0.1) is 0 Å². The average molecular weight is 1060 g/mol. The van der Waals surface area contributed by atoms with Crippen molar-refractivity contribution >= 4 is 38.5 Å². The van der Waals surface area contributed by atoms with Crippen molar-refractivity contribution in [2.24, 2.45) is 0 Å². The largest absolute Gasteiger partial charge is 0.479 e. The van der Waals surface area contributed by atoms with E-state index in [4.69, 9.17) is 42.6 Å². The number of carboxylic acids is 2. The predicted octanol–water partition coefficient (Wildman–Crippen LogP) is -12.8. The number of ether oxygens (including phenoxy) is 9. The van der Waals surface area contributed by atoms with Gasteiger partial charge in [-0.1, -0.05) is 0 Å². The molecule has 0 saturated carbocycles. The molecule has 5 aliphatic heterocycles. The van der Waals surface area contributed by atoms with E-state index in [9.17, 15) is 112 Å². The monoisotopic (exact) mass is 1060 g/mol. The van der Waals surface area contributed by atoms with Crippen molar-refractivity contribution in [2.45, 2.75) is 160 Å². The van der Waals surface area contributed by atoms with E-state index in [0.29, 0.717) is 0 Å². The summed E-state index contributed by atoms with van der Waals surface area (Å²) in [5.41, 5.74) is 0. The van der Waals surface area contributed by atoms with Crippen LogP contribution in [0.3, 0.4) is 0 Å². The molecule has 5 heterocycles. The van der Waals surface area contributed by atoms with Gasteiger partial charge in [-0.05, 0) is 0 Å². The van der Waals surface area contributed by atoms with Gasteiger partial charge < -0.3 is 119 Å². The molecule has 5 saturated heterocycles. The summed E-state index contributed by atoms with van der Waals surface area (Å²) in [5.74, 6) is -4.86. The van der Waals surface area contributed by atoms with Crippen molar-refractivity contribution in [1.29, 1.82) is 0 Å². The Kier molecular flexibility index (Phi) is 19.1. The smallest absolute Gasteiger partial charge is 0.335 e. The molecule has 0 spiro atoms. The molecule has 0 aromatic rings. The van der Waals surface area contributed by atoms with Crippen LogP contribution >= 0.6 is 0 Å². The summed E-state index contributed by atoms with van der Waals surface area (Å²) in [4.78, 5) is 36.9. The maximum atomic E-state index is 12.5. The molecular weight excluding hydrogens is 1000 g/mol. The molecule has 1 unspecified atom stereocenters. The minimum atomic E-state index is -5.51. The number of carboxylic acid groups (broad SMARTS) is 2. The summed E-state index contributed by atoms with van der Waals surface area (Å²) in [6, 6.07) is -6.29. The number of carbonyl (C=O) groups excluding carboxylic acids is 1. The Hall–Kier alpha value is -2.69. The first-order valence-electron chi connectivity index (χ1n) is 20.1. The number of amides is 1. The number of hydrogen-bond acceptors (Lipinski definition) is 28. The van der Waals surface area contributed by atoms with Gasteiger partial charge in [-0.2, -0.15) is 26.3 Å². The van der Waals surface area contributed by atoms with Crippen LogP contribution in [0.1, 0.15) is 6.92 Å². The van der Waals surface area contributed by atoms with Gasteiger partial charge in [0.15, 0.2) is 43.7 Å². The third-order valence-corrected chi connectivity index (χ3v) is 12.4. The van der Waals surface area contributed by atoms with Crippen molar-refractivity contribution in [3.63, 3.8) is 0 Å². The zero-order valence-corrected chi connectivity index (χ0v) is 36.7. The quantitative estimate of drug-likeness (QED) is 0.0567. The van der Waals surface area contributed by atoms with E-state index >= 15 is 0 Å². The van der Waals surface area contributed by atoms with Crippen molar-refractivity contribution < 1.29 is 154 Å². The van der Waals surface area contributed by atoms with Crippen LogP contribution in [0.2, 0.25) is 0 Å². The molecule has 0 bridgehead atoms. The highest BCUT2D eigenvalue weighted by Crippen LogP contribution is 2.36. The van der Waals surface area contributed by atoms with E-state index in [0.717, 1.165) is 6.92 Å². The van der Waals surface area contributed by atoms with E-state index in [1.54, 1.807) is 0 Å². The lowest BCUT2D eigenvalue weighted by Crippen LogP contribution is -2.70. The summed E-state index contributed by atoms with van der Waals surface area (Å²) < 4.78 is 117. The third kappa shape index (κ3) is 13.1. The number of carbonyl (C=O) groups is 3. The Morgan fingerprint density at radius 3 is 1.25 bits per heavy atom. The first-order chi connectivity index (χ1) is 32.0. The Labute approximate surface area is 387 Å². The standard InChI is InChI=1S/C32H53N3O32S2/c1-5(39)33-10-13(41)12(40)6(2-36)60-29(10)64-22-16(44)18(46)32(66-24(22)26(48)49)63-21-8(4-38)61-30(11(15(21)43)35-69(56,57)58)65-23-17(45)19(47)31(67-25(23)27(50)51)62-20-7(3-37)59-28(52)9(14(20)42)34-68(53,54)55/h6-25,28-32,34-38,40-47,52H,2-4H2,1H3,(H,33,39)(H,48,49)(H,50,51)(H,53,54,55)(H,56,57,58)/t6-,7-,8-,9-,10-,11-,12-,13-,14-,15-,16-,17-,18-,19-,20-,21-,22+,23+,24+,25-,28?,29-,30-,31-,32-/m1/s1. The van der Waals surface area contributed by atoms with E-state index in [-0.39, 0.29) is 0 Å². The van der Waals surface area contributed by atoms with Gasteiger partial charge in [0, 0.05) is 6.92 Å². The lowest BCUT2D eigenvalue weighted by molar-refractivity contribution is -0.375. The second-order valence-corrected chi connectivity index (χ2v) is 18.4. The molecule has 37 heteroatoms.